The van der Waals surface area contributed by atoms with Gasteiger partial charge in [0.05, 0.1) is 18.2 Å². The van der Waals surface area contributed by atoms with Gasteiger partial charge in [-0.2, -0.15) is 0 Å². The van der Waals surface area contributed by atoms with Crippen LogP contribution in [0.2, 0.25) is 5.02 Å². The third-order valence-electron chi connectivity index (χ3n) is 5.98. The summed E-state index contributed by atoms with van der Waals surface area (Å²) in [5.41, 5.74) is 3.79. The average Bonchev–Trinajstić information content (AvgIpc) is 2.88. The standard InChI is InChI=1S/C29H23ClN2O3/c30-24-14-8-7-13-22(24)18-32-25-17-23(15-16-26(25)35-19-27(32)33)31-29(34)28(20-9-3-1-4-10-20)21-11-5-2-6-12-21/h1-17,28H,18-19H2,(H,31,34). The molecule has 0 unspecified atom stereocenters. The molecule has 0 bridgehead atoms. The summed E-state index contributed by atoms with van der Waals surface area (Å²) >= 11 is 6.34. The van der Waals surface area contributed by atoms with Crippen molar-refractivity contribution >= 4 is 34.8 Å². The number of carbonyl (C=O) groups excluding carboxylic acids is 2. The normalized spacial score (nSPS) is 12.7. The van der Waals surface area contributed by atoms with Crippen molar-refractivity contribution in [2.45, 2.75) is 12.5 Å². The van der Waals surface area contributed by atoms with Gasteiger partial charge in [0.1, 0.15) is 5.75 Å². The summed E-state index contributed by atoms with van der Waals surface area (Å²) in [6.07, 6.45) is 0. The van der Waals surface area contributed by atoms with Crippen LogP contribution in [-0.2, 0) is 16.1 Å². The van der Waals surface area contributed by atoms with Crippen molar-refractivity contribution in [1.82, 2.24) is 0 Å². The van der Waals surface area contributed by atoms with Crippen molar-refractivity contribution < 1.29 is 14.3 Å². The fourth-order valence-electron chi connectivity index (χ4n) is 4.25. The van der Waals surface area contributed by atoms with Crippen molar-refractivity contribution in [3.8, 4) is 5.75 Å². The Morgan fingerprint density at radius 3 is 2.17 bits per heavy atom. The van der Waals surface area contributed by atoms with E-state index in [2.05, 4.69) is 5.32 Å². The van der Waals surface area contributed by atoms with Crippen LogP contribution in [0.3, 0.4) is 0 Å². The summed E-state index contributed by atoms with van der Waals surface area (Å²) in [7, 11) is 0. The molecule has 0 radical (unpaired) electrons. The molecular weight excluding hydrogens is 460 g/mol. The lowest BCUT2D eigenvalue weighted by atomic mass is 9.90. The van der Waals surface area contributed by atoms with Crippen LogP contribution in [0.4, 0.5) is 11.4 Å². The van der Waals surface area contributed by atoms with Gasteiger partial charge in [-0.05, 0) is 41.0 Å². The molecule has 0 fully saturated rings. The summed E-state index contributed by atoms with van der Waals surface area (Å²) < 4.78 is 5.64. The van der Waals surface area contributed by atoms with E-state index in [1.165, 1.54) is 0 Å². The monoisotopic (exact) mass is 482 g/mol. The molecule has 0 atom stereocenters. The van der Waals surface area contributed by atoms with Gasteiger partial charge in [-0.25, -0.2) is 0 Å². The molecule has 0 saturated heterocycles. The van der Waals surface area contributed by atoms with Gasteiger partial charge in [0, 0.05) is 10.7 Å². The molecule has 5 nitrogen and oxygen atoms in total. The van der Waals surface area contributed by atoms with E-state index in [0.717, 1.165) is 16.7 Å². The molecule has 0 aromatic heterocycles. The van der Waals surface area contributed by atoms with Gasteiger partial charge in [-0.15, -0.1) is 0 Å². The molecule has 174 valence electrons. The van der Waals surface area contributed by atoms with Gasteiger partial charge in [-0.1, -0.05) is 90.5 Å². The Balaban J connectivity index is 1.45. The van der Waals surface area contributed by atoms with Gasteiger partial charge >= 0.3 is 0 Å². The first-order chi connectivity index (χ1) is 17.1. The van der Waals surface area contributed by atoms with Gasteiger partial charge < -0.3 is 15.0 Å². The predicted molar refractivity (Wildman–Crippen MR) is 138 cm³/mol. The fourth-order valence-corrected chi connectivity index (χ4v) is 4.45. The zero-order valence-corrected chi connectivity index (χ0v) is 19.6. The second kappa shape index (κ2) is 10.0. The SMILES string of the molecule is O=C(Nc1ccc2c(c1)N(Cc1ccccc1Cl)C(=O)CO2)C(c1ccccc1)c1ccccc1. The van der Waals surface area contributed by atoms with Crippen LogP contribution < -0.4 is 15.0 Å². The van der Waals surface area contributed by atoms with Gasteiger partial charge in [0.2, 0.25) is 5.91 Å². The lowest BCUT2D eigenvalue weighted by Gasteiger charge is -2.30. The van der Waals surface area contributed by atoms with Crippen LogP contribution in [0.15, 0.2) is 103 Å². The highest BCUT2D eigenvalue weighted by Crippen LogP contribution is 2.37. The maximum atomic E-state index is 13.5. The van der Waals surface area contributed by atoms with Crippen molar-refractivity contribution in [2.75, 3.05) is 16.8 Å². The molecule has 6 heteroatoms. The number of nitrogens with one attached hydrogen (secondary N) is 1. The molecule has 0 aliphatic carbocycles. The topological polar surface area (TPSA) is 58.6 Å². The number of fused-ring (bicyclic) bond motifs is 1. The Kier molecular flexibility index (Phi) is 6.51. The molecule has 4 aromatic carbocycles. The fraction of sp³-hybridized carbons (Fsp3) is 0.103. The third-order valence-corrected chi connectivity index (χ3v) is 6.35. The zero-order valence-electron chi connectivity index (χ0n) is 18.9. The molecule has 4 aromatic rings. The molecule has 5 rings (SSSR count). The molecule has 0 spiro atoms. The first kappa shape index (κ1) is 22.7. The molecule has 2 amide bonds. The maximum absolute atomic E-state index is 13.5. The number of amides is 2. The summed E-state index contributed by atoms with van der Waals surface area (Å²) in [5, 5.41) is 3.63. The highest BCUT2D eigenvalue weighted by molar-refractivity contribution is 6.31. The Hall–Kier alpha value is -4.09. The first-order valence-corrected chi connectivity index (χ1v) is 11.7. The Bertz CT molecular complexity index is 1320. The molecule has 35 heavy (non-hydrogen) atoms. The van der Waals surface area contributed by atoms with Crippen LogP contribution >= 0.6 is 11.6 Å². The van der Waals surface area contributed by atoms with Gasteiger partial charge in [0.25, 0.3) is 5.91 Å². The average molecular weight is 483 g/mol. The number of hydrogen-bond donors (Lipinski definition) is 1. The molecule has 1 N–H and O–H groups in total. The number of benzene rings is 4. The summed E-state index contributed by atoms with van der Waals surface area (Å²) in [6, 6.07) is 32.1. The first-order valence-electron chi connectivity index (χ1n) is 11.3. The van der Waals surface area contributed by atoms with Gasteiger partial charge in [-0.3, -0.25) is 9.59 Å². The van der Waals surface area contributed by atoms with Gasteiger partial charge in [0.15, 0.2) is 6.61 Å². The van der Waals surface area contributed by atoms with Crippen LogP contribution in [0.25, 0.3) is 0 Å². The third kappa shape index (κ3) is 4.91. The van der Waals surface area contributed by atoms with E-state index in [1.807, 2.05) is 78.9 Å². The number of anilines is 2. The Morgan fingerprint density at radius 2 is 1.51 bits per heavy atom. The summed E-state index contributed by atoms with van der Waals surface area (Å²) in [5.74, 6) is -0.238. The molecule has 1 heterocycles. The Morgan fingerprint density at radius 1 is 0.886 bits per heavy atom. The highest BCUT2D eigenvalue weighted by atomic mass is 35.5. The van der Waals surface area contributed by atoms with Crippen molar-refractivity contribution in [1.29, 1.82) is 0 Å². The predicted octanol–water partition coefficient (Wildman–Crippen LogP) is 6.04. The number of ether oxygens (including phenoxy) is 1. The minimum absolute atomic E-state index is 0.0484. The molecular formula is C29H23ClN2O3. The molecule has 1 aliphatic rings. The van der Waals surface area contributed by atoms with E-state index in [4.69, 9.17) is 16.3 Å². The van der Waals surface area contributed by atoms with Crippen molar-refractivity contribution in [3.63, 3.8) is 0 Å². The number of nitrogens with zero attached hydrogens (tertiary/aromatic N) is 1. The molecule has 1 aliphatic heterocycles. The number of hydrogen-bond acceptors (Lipinski definition) is 3. The van der Waals surface area contributed by atoms with Crippen LogP contribution in [0, 0.1) is 0 Å². The summed E-state index contributed by atoms with van der Waals surface area (Å²) in [6.45, 7) is 0.260. The quantitative estimate of drug-likeness (QED) is 0.364. The minimum atomic E-state index is -0.481. The second-order valence-corrected chi connectivity index (χ2v) is 8.69. The van der Waals surface area contributed by atoms with Crippen molar-refractivity contribution in [2.24, 2.45) is 0 Å². The lowest BCUT2D eigenvalue weighted by molar-refractivity contribution is -0.121. The van der Waals surface area contributed by atoms with E-state index in [1.54, 1.807) is 29.2 Å². The van der Waals surface area contributed by atoms with E-state index >= 15 is 0 Å². The molecule has 0 saturated carbocycles. The second-order valence-electron chi connectivity index (χ2n) is 8.29. The lowest BCUT2D eigenvalue weighted by Crippen LogP contribution is -2.38. The van der Waals surface area contributed by atoms with Crippen LogP contribution in [0.1, 0.15) is 22.6 Å². The maximum Gasteiger partial charge on any atom is 0.265 e. The van der Waals surface area contributed by atoms with E-state index in [-0.39, 0.29) is 18.4 Å². The minimum Gasteiger partial charge on any atom is -0.482 e. The van der Waals surface area contributed by atoms with Crippen molar-refractivity contribution in [3.05, 3.63) is 125 Å². The summed E-state index contributed by atoms with van der Waals surface area (Å²) in [4.78, 5) is 27.9. The van der Waals surface area contributed by atoms with E-state index < -0.39 is 5.92 Å². The van der Waals surface area contributed by atoms with E-state index in [9.17, 15) is 9.59 Å². The zero-order chi connectivity index (χ0) is 24.2. The smallest absolute Gasteiger partial charge is 0.265 e. The number of halogens is 1. The highest BCUT2D eigenvalue weighted by Gasteiger charge is 2.28. The number of carbonyl (C=O) groups is 2. The van der Waals surface area contributed by atoms with Crippen LogP contribution in [-0.4, -0.2) is 18.4 Å². The number of rotatable bonds is 6. The van der Waals surface area contributed by atoms with Crippen LogP contribution in [0.5, 0.6) is 5.75 Å². The Labute approximate surface area is 208 Å². The van der Waals surface area contributed by atoms with E-state index in [0.29, 0.717) is 28.7 Å². The largest absolute Gasteiger partial charge is 0.482 e.